The van der Waals surface area contributed by atoms with Gasteiger partial charge < -0.3 is 5.32 Å². The third-order valence-corrected chi connectivity index (χ3v) is 5.73. The second kappa shape index (κ2) is 8.61. The molecule has 0 aliphatic rings. The molecule has 0 fully saturated rings. The van der Waals surface area contributed by atoms with Crippen molar-refractivity contribution in [1.82, 2.24) is 4.31 Å². The molecule has 0 saturated heterocycles. The molecular weight excluding hydrogens is 350 g/mol. The van der Waals surface area contributed by atoms with Gasteiger partial charge >= 0.3 is 0 Å². The number of rotatable bonds is 7. The Labute approximate surface area is 154 Å². The summed E-state index contributed by atoms with van der Waals surface area (Å²) in [6.07, 6.45) is 1.66. The summed E-state index contributed by atoms with van der Waals surface area (Å²) in [7, 11) is -2.11. The van der Waals surface area contributed by atoms with Gasteiger partial charge in [-0.05, 0) is 42.8 Å². The van der Waals surface area contributed by atoms with E-state index >= 15 is 0 Å². The summed E-state index contributed by atoms with van der Waals surface area (Å²) in [6.45, 7) is 2.42. The molecule has 0 aliphatic carbocycles. The average Bonchev–Trinajstić information content (AvgIpc) is 2.66. The van der Waals surface area contributed by atoms with Gasteiger partial charge in [-0.25, -0.2) is 12.7 Å². The van der Waals surface area contributed by atoms with E-state index in [2.05, 4.69) is 5.32 Å². The second-order valence-corrected chi connectivity index (χ2v) is 7.90. The summed E-state index contributed by atoms with van der Waals surface area (Å²) < 4.78 is 26.5. The number of carbonyl (C=O) groups excluding carboxylic acids is 1. The van der Waals surface area contributed by atoms with Crippen LogP contribution in [0.1, 0.15) is 35.7 Å². The highest BCUT2D eigenvalue weighted by Gasteiger charge is 2.21. The number of unbranched alkanes of at least 4 members (excludes halogenated alkanes) is 1. The zero-order valence-electron chi connectivity index (χ0n) is 14.8. The first-order valence-corrected chi connectivity index (χ1v) is 9.70. The molecule has 2 rings (SSSR count). The molecule has 6 nitrogen and oxygen atoms in total. The number of nitriles is 1. The van der Waals surface area contributed by atoms with Crippen molar-refractivity contribution in [2.45, 2.75) is 24.7 Å². The van der Waals surface area contributed by atoms with E-state index in [1.807, 2.05) is 13.0 Å². The number of carbonyl (C=O) groups is 1. The van der Waals surface area contributed by atoms with E-state index in [1.54, 1.807) is 36.4 Å². The molecule has 2 aromatic carbocycles. The Balaban J connectivity index is 2.22. The molecule has 7 heteroatoms. The monoisotopic (exact) mass is 371 g/mol. The van der Waals surface area contributed by atoms with Gasteiger partial charge in [0.2, 0.25) is 10.0 Å². The van der Waals surface area contributed by atoms with E-state index in [4.69, 9.17) is 5.26 Å². The molecule has 0 aromatic heterocycles. The SMILES string of the molecule is CCCCN(C)S(=O)(=O)c1cccc(C(=O)Nc2cccc(C#N)c2)c1. The van der Waals surface area contributed by atoms with Crippen LogP contribution >= 0.6 is 0 Å². The Bertz CT molecular complexity index is 933. The van der Waals surface area contributed by atoms with Crippen molar-refractivity contribution in [3.05, 3.63) is 59.7 Å². The summed E-state index contributed by atoms with van der Waals surface area (Å²) >= 11 is 0. The standard InChI is InChI=1S/C19H21N3O3S/c1-3-4-11-22(2)26(24,25)18-10-6-8-16(13-18)19(23)21-17-9-5-7-15(12-17)14-20/h5-10,12-13H,3-4,11H2,1-2H3,(H,21,23). The van der Waals surface area contributed by atoms with Gasteiger partial charge in [-0.1, -0.05) is 25.5 Å². The Morgan fingerprint density at radius 1 is 1.19 bits per heavy atom. The molecule has 0 atom stereocenters. The topological polar surface area (TPSA) is 90.3 Å². The van der Waals surface area contributed by atoms with Gasteiger partial charge in [0.1, 0.15) is 0 Å². The molecule has 0 aliphatic heterocycles. The number of amides is 1. The van der Waals surface area contributed by atoms with Crippen LogP contribution in [0.15, 0.2) is 53.4 Å². The Morgan fingerprint density at radius 2 is 1.92 bits per heavy atom. The van der Waals surface area contributed by atoms with Gasteiger partial charge in [0.15, 0.2) is 0 Å². The van der Waals surface area contributed by atoms with E-state index in [0.29, 0.717) is 17.8 Å². The molecule has 136 valence electrons. The minimum Gasteiger partial charge on any atom is -0.322 e. The summed E-state index contributed by atoms with van der Waals surface area (Å²) in [4.78, 5) is 12.5. The van der Waals surface area contributed by atoms with Crippen LogP contribution < -0.4 is 5.32 Å². The maximum absolute atomic E-state index is 12.6. The maximum Gasteiger partial charge on any atom is 0.255 e. The van der Waals surface area contributed by atoms with Crippen LogP contribution in [0.5, 0.6) is 0 Å². The van der Waals surface area contributed by atoms with Crippen molar-refractivity contribution in [3.63, 3.8) is 0 Å². The molecule has 2 aromatic rings. The van der Waals surface area contributed by atoms with E-state index in [0.717, 1.165) is 12.8 Å². The Hall–Kier alpha value is -2.69. The molecule has 26 heavy (non-hydrogen) atoms. The van der Waals surface area contributed by atoms with Crippen molar-refractivity contribution >= 4 is 21.6 Å². The molecule has 0 bridgehead atoms. The highest BCUT2D eigenvalue weighted by molar-refractivity contribution is 7.89. The number of nitrogens with one attached hydrogen (secondary N) is 1. The highest BCUT2D eigenvalue weighted by atomic mass is 32.2. The molecule has 0 radical (unpaired) electrons. The van der Waals surface area contributed by atoms with E-state index in [1.165, 1.54) is 23.5 Å². The molecular formula is C19H21N3O3S. The first-order chi connectivity index (χ1) is 12.4. The fourth-order valence-corrected chi connectivity index (χ4v) is 3.60. The summed E-state index contributed by atoms with van der Waals surface area (Å²) in [5.41, 5.74) is 1.14. The lowest BCUT2D eigenvalue weighted by atomic mass is 10.2. The average molecular weight is 371 g/mol. The van der Waals surface area contributed by atoms with E-state index < -0.39 is 15.9 Å². The fraction of sp³-hybridized carbons (Fsp3) is 0.263. The first-order valence-electron chi connectivity index (χ1n) is 8.26. The fourth-order valence-electron chi connectivity index (χ4n) is 2.35. The summed E-state index contributed by atoms with van der Waals surface area (Å²) in [6, 6.07) is 14.5. The van der Waals surface area contributed by atoms with Crippen LogP contribution in [0.25, 0.3) is 0 Å². The summed E-state index contributed by atoms with van der Waals surface area (Å²) in [5.74, 6) is -0.437. The van der Waals surface area contributed by atoms with Gasteiger partial charge in [0.25, 0.3) is 5.91 Å². The van der Waals surface area contributed by atoms with Crippen LogP contribution in [0.4, 0.5) is 5.69 Å². The summed E-state index contributed by atoms with van der Waals surface area (Å²) in [5, 5.41) is 11.6. The predicted molar refractivity (Wildman–Crippen MR) is 100 cm³/mol. The van der Waals surface area contributed by atoms with Crippen LogP contribution in [0.3, 0.4) is 0 Å². The molecule has 0 heterocycles. The smallest absolute Gasteiger partial charge is 0.255 e. The molecule has 0 saturated carbocycles. The van der Waals surface area contributed by atoms with Crippen molar-refractivity contribution in [2.75, 3.05) is 18.9 Å². The third-order valence-electron chi connectivity index (χ3n) is 3.88. The first kappa shape index (κ1) is 19.6. The number of hydrogen-bond donors (Lipinski definition) is 1. The van der Waals surface area contributed by atoms with Crippen molar-refractivity contribution in [1.29, 1.82) is 5.26 Å². The number of nitrogens with zero attached hydrogens (tertiary/aromatic N) is 2. The zero-order valence-corrected chi connectivity index (χ0v) is 15.6. The third kappa shape index (κ3) is 4.69. The molecule has 1 amide bonds. The van der Waals surface area contributed by atoms with Gasteiger partial charge in [-0.3, -0.25) is 4.79 Å². The quantitative estimate of drug-likeness (QED) is 0.809. The van der Waals surface area contributed by atoms with Crippen LogP contribution in [-0.2, 0) is 10.0 Å². The number of sulfonamides is 1. The number of benzene rings is 2. The van der Waals surface area contributed by atoms with Gasteiger partial charge in [0.05, 0.1) is 16.5 Å². The molecule has 0 spiro atoms. The number of hydrogen-bond acceptors (Lipinski definition) is 4. The van der Waals surface area contributed by atoms with E-state index in [-0.39, 0.29) is 10.5 Å². The Kier molecular flexibility index (Phi) is 6.50. The maximum atomic E-state index is 12.6. The van der Waals surface area contributed by atoms with Gasteiger partial charge in [0, 0.05) is 24.8 Å². The van der Waals surface area contributed by atoms with Crippen molar-refractivity contribution < 1.29 is 13.2 Å². The van der Waals surface area contributed by atoms with E-state index in [9.17, 15) is 13.2 Å². The Morgan fingerprint density at radius 3 is 2.62 bits per heavy atom. The minimum atomic E-state index is -3.64. The lowest BCUT2D eigenvalue weighted by Crippen LogP contribution is -2.28. The predicted octanol–water partition coefficient (Wildman–Crippen LogP) is 3.23. The van der Waals surface area contributed by atoms with Crippen LogP contribution in [0, 0.1) is 11.3 Å². The highest BCUT2D eigenvalue weighted by Crippen LogP contribution is 2.18. The van der Waals surface area contributed by atoms with Gasteiger partial charge in [-0.2, -0.15) is 5.26 Å². The lowest BCUT2D eigenvalue weighted by Gasteiger charge is -2.17. The van der Waals surface area contributed by atoms with Crippen LogP contribution in [0.2, 0.25) is 0 Å². The second-order valence-electron chi connectivity index (χ2n) is 5.85. The largest absolute Gasteiger partial charge is 0.322 e. The van der Waals surface area contributed by atoms with Crippen molar-refractivity contribution in [3.8, 4) is 6.07 Å². The molecule has 0 unspecified atom stereocenters. The van der Waals surface area contributed by atoms with Crippen molar-refractivity contribution in [2.24, 2.45) is 0 Å². The normalized spacial score (nSPS) is 11.2. The zero-order chi connectivity index (χ0) is 19.2. The number of anilines is 1. The van der Waals surface area contributed by atoms with Crippen LogP contribution in [-0.4, -0.2) is 32.2 Å². The minimum absolute atomic E-state index is 0.0783. The molecule has 1 N–H and O–H groups in total. The van der Waals surface area contributed by atoms with Gasteiger partial charge in [-0.15, -0.1) is 0 Å². The lowest BCUT2D eigenvalue weighted by molar-refractivity contribution is 0.102.